The van der Waals surface area contributed by atoms with E-state index in [2.05, 4.69) is 69.2 Å². The number of ketones is 1. The van der Waals surface area contributed by atoms with E-state index in [0.717, 1.165) is 64.2 Å². The molecule has 8 nitrogen and oxygen atoms in total. The Morgan fingerprint density at radius 3 is 1.29 bits per heavy atom. The first-order valence-corrected chi connectivity index (χ1v) is 28.5. The van der Waals surface area contributed by atoms with Crippen molar-refractivity contribution in [1.82, 2.24) is 0 Å². The minimum atomic E-state index is -0.855. The first-order chi connectivity index (χ1) is 31.2. The van der Waals surface area contributed by atoms with Crippen LogP contribution in [0.5, 0.6) is 0 Å². The van der Waals surface area contributed by atoms with E-state index in [-0.39, 0.29) is 114 Å². The number of carbonyl (C=O) groups excluding carboxylic acids is 1. The molecule has 6 unspecified atom stereocenters. The van der Waals surface area contributed by atoms with Gasteiger partial charge in [-0.05, 0) is 236 Å². The van der Waals surface area contributed by atoms with Gasteiger partial charge in [0.1, 0.15) is 5.78 Å². The number of fused-ring (bicyclic) bond motifs is 4. The van der Waals surface area contributed by atoms with E-state index in [9.17, 15) is 30.3 Å². The van der Waals surface area contributed by atoms with Gasteiger partial charge in [0.15, 0.2) is 0 Å². The first-order valence-electron chi connectivity index (χ1n) is 28.5. The third kappa shape index (κ3) is 6.60. The summed E-state index contributed by atoms with van der Waals surface area (Å²) < 4.78 is 13.4. The molecule has 0 amide bonds. The summed E-state index contributed by atoms with van der Waals surface area (Å²) >= 11 is 0. The molecule has 0 aromatic heterocycles. The van der Waals surface area contributed by atoms with E-state index >= 15 is 0 Å². The van der Waals surface area contributed by atoms with Crippen LogP contribution in [-0.2, 0) is 14.3 Å². The molecule has 10 saturated carbocycles. The van der Waals surface area contributed by atoms with Crippen LogP contribution in [0.15, 0.2) is 0 Å². The minimum absolute atomic E-state index is 0. The topological polar surface area (TPSA) is 137 Å². The molecule has 400 valence electrons. The molecule has 5 N–H and O–H groups in total. The van der Waals surface area contributed by atoms with E-state index in [0.29, 0.717) is 51.1 Å². The Morgan fingerprint density at radius 2 is 0.871 bits per heavy atom. The fourth-order valence-corrected chi connectivity index (χ4v) is 24.0. The number of ether oxygens (including phenoxy) is 2. The van der Waals surface area contributed by atoms with Gasteiger partial charge in [0.2, 0.25) is 0 Å². The van der Waals surface area contributed by atoms with Crippen LogP contribution in [0.2, 0.25) is 0 Å². The molecule has 0 aromatic rings. The Balaban J connectivity index is 0.000000169. The summed E-state index contributed by atoms with van der Waals surface area (Å²) in [7, 11) is 0. The summed E-state index contributed by atoms with van der Waals surface area (Å²) in [6.07, 6.45) is 20.5. The number of Topliss-reactive ketones (excluding diaryl/α,β-unsaturated/α-hetero) is 1. The first kappa shape index (κ1) is 55.0. The Hall–Kier alpha value is 0.260. The third-order valence-corrected chi connectivity index (χ3v) is 27.4. The van der Waals surface area contributed by atoms with Crippen LogP contribution in [-0.4, -0.2) is 110 Å². The van der Waals surface area contributed by atoms with Crippen molar-refractivity contribution in [1.29, 1.82) is 0 Å². The summed E-state index contributed by atoms with van der Waals surface area (Å²) in [4.78, 5) is 12.9. The van der Waals surface area contributed by atoms with Gasteiger partial charge >= 0.3 is 25.8 Å². The molecule has 0 aromatic carbocycles. The van der Waals surface area contributed by atoms with Gasteiger partial charge in [-0.15, -0.1) is 0 Å². The number of hydrogen-bond donors (Lipinski definition) is 5. The zero-order valence-electron chi connectivity index (χ0n) is 45.5. The quantitative estimate of drug-likeness (QED) is 0.188. The normalized spacial score (nSPS) is 57.4. The van der Waals surface area contributed by atoms with Crippen LogP contribution in [0.25, 0.3) is 0 Å². The van der Waals surface area contributed by atoms with Gasteiger partial charge in [-0.3, -0.25) is 4.79 Å². The molecule has 0 bridgehead atoms. The van der Waals surface area contributed by atoms with Crippen molar-refractivity contribution in [2.24, 2.45) is 89.7 Å². The van der Waals surface area contributed by atoms with Gasteiger partial charge < -0.3 is 35.0 Å². The predicted molar refractivity (Wildman–Crippen MR) is 282 cm³/mol. The van der Waals surface area contributed by atoms with Crippen LogP contribution < -0.4 is 0 Å². The van der Waals surface area contributed by atoms with Crippen molar-refractivity contribution in [2.45, 2.75) is 286 Å². The van der Waals surface area contributed by atoms with Crippen molar-refractivity contribution in [2.75, 3.05) is 0 Å². The van der Waals surface area contributed by atoms with E-state index in [1.807, 2.05) is 27.7 Å². The van der Waals surface area contributed by atoms with Crippen molar-refractivity contribution in [3.05, 3.63) is 0 Å². The van der Waals surface area contributed by atoms with Crippen molar-refractivity contribution >= 4 is 31.6 Å². The van der Waals surface area contributed by atoms with Gasteiger partial charge in [0.05, 0.1) is 52.9 Å². The Bertz CT molecular complexity index is 2090. The summed E-state index contributed by atoms with van der Waals surface area (Å²) in [6.45, 7) is 31.0. The standard InChI is InChI=1S/C30H50O4.C30H48O4.CH4.In.3H/c2*1-24(2)19-8-9-20-27(6)16-18(31)23(28(7)12-11-22(34-28)25(3,4)33)26(27,5)14-15-30(20)17-29(19,30)13-10-21(24)32;;;;;/h18-23,31-33H,8-17H2,1-7H3;18-20,22-23,31,33H,8-17H2,1-7H3;1H4;;;;/t18-,19?,20?,21+,22+,23?,26+,27-,28-,29+,30-;18-,19?,20?,22+,23?,26+,27-,28-,29+,30-;;;;;/m00...../s1. The monoisotopic (exact) mass is 1080 g/mol. The predicted octanol–water partition coefficient (Wildman–Crippen LogP) is 10.6. The number of aliphatic hydroxyl groups excluding tert-OH is 3. The van der Waals surface area contributed by atoms with Gasteiger partial charge in [0.25, 0.3) is 0 Å². The maximum atomic E-state index is 12.9. The molecule has 2 heterocycles. The fourth-order valence-electron chi connectivity index (χ4n) is 24.0. The van der Waals surface area contributed by atoms with E-state index in [1.54, 1.807) is 0 Å². The van der Waals surface area contributed by atoms with Crippen LogP contribution in [0.3, 0.4) is 0 Å². The SMILES string of the molecule is C.CC(C)(O)[C@H]1CC[C@@](C)(C2[C@@H](O)C[C@@]3(C)C4CCC5C(C)(C)[C@H](O)CC[C@@]56C[C@@]46CC[C@]23C)O1.CC1(C)C(=O)CC[C@]23C[C@]24CC[C@]2(C)C([C@]5(C)CC[C@H](C(C)(C)O)O5)[C@@H](O)C[C@@]2(C)C4CCC13.[InH3]. The molecule has 2 aliphatic heterocycles. The number of carbonyl (C=O) groups is 1. The number of hydrogen-bond acceptors (Lipinski definition) is 8. The van der Waals surface area contributed by atoms with Gasteiger partial charge in [-0.1, -0.05) is 62.8 Å². The van der Waals surface area contributed by atoms with Crippen molar-refractivity contribution in [3.63, 3.8) is 0 Å². The molecule has 12 fully saturated rings. The Labute approximate surface area is 444 Å². The average molecular weight is 1080 g/mol. The molecule has 0 radical (unpaired) electrons. The second-order valence-corrected chi connectivity index (χ2v) is 31.3. The Morgan fingerprint density at radius 1 is 0.486 bits per heavy atom. The number of aliphatic hydroxyl groups is 5. The molecule has 12 aliphatic rings. The summed E-state index contributed by atoms with van der Waals surface area (Å²) in [5.74, 6) is 3.18. The summed E-state index contributed by atoms with van der Waals surface area (Å²) in [5.41, 5.74) is -0.765. The second kappa shape index (κ2) is 15.9. The van der Waals surface area contributed by atoms with Gasteiger partial charge in [0, 0.05) is 23.7 Å². The molecule has 10 aliphatic carbocycles. The third-order valence-electron chi connectivity index (χ3n) is 27.4. The van der Waals surface area contributed by atoms with Crippen LogP contribution >= 0.6 is 0 Å². The average Bonchev–Trinajstić information content (AvgIpc) is 3.82. The molecule has 4 spiro atoms. The van der Waals surface area contributed by atoms with Crippen LogP contribution in [0.4, 0.5) is 0 Å². The molecule has 12 rings (SSSR count). The van der Waals surface area contributed by atoms with E-state index in [4.69, 9.17) is 9.47 Å². The van der Waals surface area contributed by atoms with Gasteiger partial charge in [-0.2, -0.15) is 0 Å². The molecule has 9 heteroatoms. The summed E-state index contributed by atoms with van der Waals surface area (Å²) in [6, 6.07) is 0. The van der Waals surface area contributed by atoms with E-state index in [1.165, 1.54) is 64.2 Å². The van der Waals surface area contributed by atoms with Crippen molar-refractivity contribution in [3.8, 4) is 0 Å². The van der Waals surface area contributed by atoms with Gasteiger partial charge in [-0.25, -0.2) is 0 Å². The van der Waals surface area contributed by atoms with Crippen molar-refractivity contribution < 1.29 is 39.8 Å². The van der Waals surface area contributed by atoms with Crippen LogP contribution in [0, 0.1) is 89.7 Å². The molecular weight excluding hydrogens is 975 g/mol. The number of rotatable bonds is 4. The summed E-state index contributed by atoms with van der Waals surface area (Å²) in [5, 5.41) is 55.6. The van der Waals surface area contributed by atoms with Crippen LogP contribution in [0.1, 0.15) is 233 Å². The zero-order valence-corrected chi connectivity index (χ0v) is 45.5. The zero-order chi connectivity index (χ0) is 49.5. The second-order valence-electron chi connectivity index (χ2n) is 31.3. The molecular formula is C61H105InO8. The molecule has 2 saturated heterocycles. The van der Waals surface area contributed by atoms with E-state index < -0.39 is 16.8 Å². The molecule has 70 heavy (non-hydrogen) atoms. The maximum absolute atomic E-state index is 12.9. The Kier molecular flexibility index (Phi) is 12.5. The molecule has 21 atom stereocenters. The fraction of sp³-hybridized carbons (Fsp3) is 0.984.